The summed E-state index contributed by atoms with van der Waals surface area (Å²) in [5, 5.41) is 14.2. The van der Waals surface area contributed by atoms with Crippen molar-refractivity contribution >= 4 is 40.5 Å². The lowest BCUT2D eigenvalue weighted by Crippen LogP contribution is -2.61. The molecule has 2 amide bonds. The Morgan fingerprint density at radius 3 is 2.36 bits per heavy atom. The lowest BCUT2D eigenvalue weighted by molar-refractivity contribution is -0.147. The van der Waals surface area contributed by atoms with E-state index in [9.17, 15) is 19.5 Å². The molecule has 42 heavy (non-hydrogen) atoms. The Morgan fingerprint density at radius 1 is 1.02 bits per heavy atom. The fourth-order valence-corrected chi connectivity index (χ4v) is 8.08. The molecule has 2 aromatic carbocycles. The van der Waals surface area contributed by atoms with E-state index >= 15 is 0 Å². The number of aromatic amines is 1. The van der Waals surface area contributed by atoms with E-state index in [2.05, 4.69) is 10.3 Å². The number of nitrogens with zero attached hydrogens (tertiary/aromatic N) is 1. The Kier molecular flexibility index (Phi) is 7.92. The molecule has 1 atom stereocenters. The monoisotopic (exact) mass is 591 g/mol. The zero-order valence-corrected chi connectivity index (χ0v) is 24.6. The molecular weight excluding hydrogens is 554 g/mol. The number of benzene rings is 2. The van der Waals surface area contributed by atoms with Crippen molar-refractivity contribution in [2.45, 2.75) is 63.5 Å². The molecule has 3 aromatic rings. The lowest BCUT2D eigenvalue weighted by Gasteiger charge is -2.53. The van der Waals surface area contributed by atoms with Crippen LogP contribution < -0.4 is 5.32 Å². The van der Waals surface area contributed by atoms with Gasteiger partial charge in [0.15, 0.2) is 0 Å². The van der Waals surface area contributed by atoms with Gasteiger partial charge in [-0.05, 0) is 98.4 Å². The molecule has 4 bridgehead atoms. The minimum absolute atomic E-state index is 0.134. The molecule has 3 N–H and O–H groups in total. The standard InChI is InChI=1S/C33H38ClN3O5/c1-33(17-25-18-35-28-5-3-2-4-27(25)28,31(40)37(19-29(38)39)11-10-20-6-8-26(34)9-7-20)36-32(41)42-30-23-13-21-12-22(15-23)16-24(30)14-21/h2-9,18,21-24,30,35H,10-17,19H2,1H3,(H,36,41)(H,38,39)/t21?,22?,23?,24?,30?,33-/m1/s1. The summed E-state index contributed by atoms with van der Waals surface area (Å²) in [7, 11) is 0. The highest BCUT2D eigenvalue weighted by molar-refractivity contribution is 6.30. The predicted octanol–water partition coefficient (Wildman–Crippen LogP) is 5.83. The van der Waals surface area contributed by atoms with Crippen LogP contribution in [0.25, 0.3) is 10.9 Å². The van der Waals surface area contributed by atoms with Crippen LogP contribution in [0.1, 0.15) is 50.2 Å². The predicted molar refractivity (Wildman–Crippen MR) is 160 cm³/mol. The van der Waals surface area contributed by atoms with Crippen LogP contribution in [-0.2, 0) is 27.2 Å². The molecule has 4 saturated carbocycles. The van der Waals surface area contributed by atoms with E-state index in [-0.39, 0.29) is 19.1 Å². The molecule has 8 nitrogen and oxygen atoms in total. The molecular formula is C33H38ClN3O5. The molecule has 0 spiro atoms. The van der Waals surface area contributed by atoms with Crippen molar-refractivity contribution in [3.05, 3.63) is 70.9 Å². The zero-order chi connectivity index (χ0) is 29.4. The summed E-state index contributed by atoms with van der Waals surface area (Å²) in [6.07, 6.45) is 7.43. The number of halogens is 1. The first kappa shape index (κ1) is 28.6. The second-order valence-corrected chi connectivity index (χ2v) is 13.2. The van der Waals surface area contributed by atoms with E-state index in [0.29, 0.717) is 23.3 Å². The van der Waals surface area contributed by atoms with Gasteiger partial charge in [0.25, 0.3) is 0 Å². The Hall–Kier alpha value is -3.52. The molecule has 1 aromatic heterocycles. The van der Waals surface area contributed by atoms with Crippen LogP contribution in [0.4, 0.5) is 4.79 Å². The minimum Gasteiger partial charge on any atom is -0.480 e. The number of alkyl carbamates (subject to hydrolysis) is 1. The first-order chi connectivity index (χ1) is 20.2. The number of para-hydroxylation sites is 1. The van der Waals surface area contributed by atoms with Gasteiger partial charge in [0.2, 0.25) is 5.91 Å². The number of carbonyl (C=O) groups excluding carboxylic acids is 2. The van der Waals surface area contributed by atoms with Crippen molar-refractivity contribution in [3.63, 3.8) is 0 Å². The fraction of sp³-hybridized carbons (Fsp3) is 0.485. The topological polar surface area (TPSA) is 112 Å². The van der Waals surface area contributed by atoms with Gasteiger partial charge in [-0.2, -0.15) is 0 Å². The quantitative estimate of drug-likeness (QED) is 0.275. The zero-order valence-electron chi connectivity index (χ0n) is 23.9. The smallest absolute Gasteiger partial charge is 0.408 e. The number of hydrogen-bond donors (Lipinski definition) is 3. The van der Waals surface area contributed by atoms with Crippen molar-refractivity contribution in [1.29, 1.82) is 0 Å². The van der Waals surface area contributed by atoms with Crippen LogP contribution in [0.2, 0.25) is 5.02 Å². The van der Waals surface area contributed by atoms with Gasteiger partial charge in [0, 0.05) is 35.1 Å². The number of carboxylic acids is 1. The van der Waals surface area contributed by atoms with Gasteiger partial charge >= 0.3 is 12.1 Å². The summed E-state index contributed by atoms with van der Waals surface area (Å²) >= 11 is 6.02. The average molecular weight is 592 g/mol. The highest BCUT2D eigenvalue weighted by Crippen LogP contribution is 2.54. The van der Waals surface area contributed by atoms with Gasteiger partial charge in [-0.15, -0.1) is 0 Å². The Balaban J connectivity index is 1.24. The third kappa shape index (κ3) is 6.00. The highest BCUT2D eigenvalue weighted by Gasteiger charge is 2.50. The molecule has 4 fully saturated rings. The normalized spacial score (nSPS) is 25.6. The van der Waals surface area contributed by atoms with Crippen LogP contribution in [0.15, 0.2) is 54.7 Å². The van der Waals surface area contributed by atoms with Gasteiger partial charge in [-0.1, -0.05) is 41.9 Å². The third-order valence-corrected chi connectivity index (χ3v) is 9.90. The molecule has 0 radical (unpaired) electrons. The van der Waals surface area contributed by atoms with E-state index in [1.807, 2.05) is 42.6 Å². The molecule has 222 valence electrons. The van der Waals surface area contributed by atoms with Crippen LogP contribution in [0, 0.1) is 23.7 Å². The number of H-pyrrole nitrogens is 1. The molecule has 9 heteroatoms. The van der Waals surface area contributed by atoms with Crippen molar-refractivity contribution < 1.29 is 24.2 Å². The van der Waals surface area contributed by atoms with Crippen molar-refractivity contribution in [2.75, 3.05) is 13.1 Å². The number of carboxylic acid groups (broad SMARTS) is 1. The van der Waals surface area contributed by atoms with E-state index in [1.54, 1.807) is 19.1 Å². The summed E-state index contributed by atoms with van der Waals surface area (Å²) in [5.41, 5.74) is 1.26. The first-order valence-corrected chi connectivity index (χ1v) is 15.3. The van der Waals surface area contributed by atoms with Gasteiger partial charge in [0.05, 0.1) is 0 Å². The van der Waals surface area contributed by atoms with Gasteiger partial charge < -0.3 is 25.0 Å². The number of aromatic nitrogens is 1. The fourth-order valence-electron chi connectivity index (χ4n) is 7.96. The number of aliphatic carboxylic acids is 1. The highest BCUT2D eigenvalue weighted by atomic mass is 35.5. The maximum absolute atomic E-state index is 14.3. The second-order valence-electron chi connectivity index (χ2n) is 12.8. The van der Waals surface area contributed by atoms with Gasteiger partial charge in [-0.25, -0.2) is 4.79 Å². The number of amides is 2. The molecule has 4 aliphatic carbocycles. The second kappa shape index (κ2) is 11.6. The number of rotatable bonds is 10. The molecule has 0 unspecified atom stereocenters. The largest absolute Gasteiger partial charge is 0.480 e. The van der Waals surface area contributed by atoms with E-state index < -0.39 is 30.1 Å². The van der Waals surface area contributed by atoms with Crippen LogP contribution in [0.5, 0.6) is 0 Å². The van der Waals surface area contributed by atoms with Crippen molar-refractivity contribution in [2.24, 2.45) is 23.7 Å². The van der Waals surface area contributed by atoms with Crippen molar-refractivity contribution in [3.8, 4) is 0 Å². The maximum Gasteiger partial charge on any atom is 0.408 e. The average Bonchev–Trinajstić information content (AvgIpc) is 3.35. The summed E-state index contributed by atoms with van der Waals surface area (Å²) in [6.45, 7) is 1.36. The van der Waals surface area contributed by atoms with Crippen LogP contribution in [0.3, 0.4) is 0 Å². The number of carbonyl (C=O) groups is 3. The van der Waals surface area contributed by atoms with Crippen LogP contribution >= 0.6 is 11.6 Å². The van der Waals surface area contributed by atoms with Gasteiger partial charge in [-0.3, -0.25) is 9.59 Å². The van der Waals surface area contributed by atoms with Crippen LogP contribution in [-0.4, -0.2) is 57.7 Å². The molecule has 0 saturated heterocycles. The lowest BCUT2D eigenvalue weighted by atomic mass is 9.55. The van der Waals surface area contributed by atoms with E-state index in [0.717, 1.165) is 59.5 Å². The third-order valence-electron chi connectivity index (χ3n) is 9.65. The van der Waals surface area contributed by atoms with E-state index in [4.69, 9.17) is 16.3 Å². The number of ether oxygens (including phenoxy) is 1. The summed E-state index contributed by atoms with van der Waals surface area (Å²) < 4.78 is 6.12. The Morgan fingerprint density at radius 2 is 1.69 bits per heavy atom. The molecule has 1 heterocycles. The molecule has 0 aliphatic heterocycles. The van der Waals surface area contributed by atoms with Gasteiger partial charge in [0.1, 0.15) is 18.2 Å². The Labute approximate surface area is 250 Å². The molecule has 4 aliphatic rings. The number of hydrogen-bond acceptors (Lipinski definition) is 4. The van der Waals surface area contributed by atoms with Crippen molar-refractivity contribution in [1.82, 2.24) is 15.2 Å². The summed E-state index contributed by atoms with van der Waals surface area (Å²) in [5.74, 6) is 0.663. The molecule has 7 rings (SSSR count). The minimum atomic E-state index is -1.44. The summed E-state index contributed by atoms with van der Waals surface area (Å²) in [6, 6.07) is 15.0. The maximum atomic E-state index is 14.3. The number of fused-ring (bicyclic) bond motifs is 1. The summed E-state index contributed by atoms with van der Waals surface area (Å²) in [4.78, 5) is 44.3. The Bertz CT molecular complexity index is 1440. The number of nitrogens with one attached hydrogen (secondary N) is 2. The first-order valence-electron chi connectivity index (χ1n) is 15.0. The SMILES string of the molecule is C[C@](Cc1c[nH]c2ccccc12)(NC(=O)OC1C2CC3CC(C2)CC1C3)C(=O)N(CCc1ccc(Cl)cc1)CC(=O)O. The van der Waals surface area contributed by atoms with E-state index in [1.165, 1.54) is 11.3 Å².